The lowest BCUT2D eigenvalue weighted by atomic mass is 10.0. The predicted molar refractivity (Wildman–Crippen MR) is 45.0 cm³/mol. The topological polar surface area (TPSA) is 195 Å². The van der Waals surface area contributed by atoms with E-state index in [4.69, 9.17) is 36.1 Å². The number of nitrogens with two attached hydrogens (primary N) is 1. The maximum Gasteiger partial charge on any atom is 0.503 e. The average Bonchev–Trinajstić information content (AvgIpc) is 2.00. The molecule has 92 valence electrons. The summed E-state index contributed by atoms with van der Waals surface area (Å²) in [6.45, 7) is 0. The molecule has 0 rings (SSSR count). The Hall–Kier alpha value is -2.36. The van der Waals surface area contributed by atoms with Gasteiger partial charge in [0.2, 0.25) is 0 Å². The van der Waals surface area contributed by atoms with Gasteiger partial charge in [0.25, 0.3) is 0 Å². The van der Waals surface area contributed by atoms with Gasteiger partial charge in [0.1, 0.15) is 6.04 Å². The SMILES string of the molecule is NC(C(=O)O)C(C(=O)O)C(=O)O.O=C(O)O. The van der Waals surface area contributed by atoms with Crippen LogP contribution >= 0.6 is 0 Å². The Balaban J connectivity index is 0. The number of hydrogen-bond donors (Lipinski definition) is 6. The molecule has 0 fully saturated rings. The van der Waals surface area contributed by atoms with Gasteiger partial charge in [0.05, 0.1) is 0 Å². The van der Waals surface area contributed by atoms with Crippen molar-refractivity contribution in [3.05, 3.63) is 0 Å². The minimum absolute atomic E-state index is 1.66. The number of aliphatic carboxylic acids is 3. The number of carbonyl (C=O) groups is 4. The average molecular weight is 239 g/mol. The Labute approximate surface area is 87.5 Å². The number of carboxylic acids is 3. The molecule has 0 heterocycles. The van der Waals surface area contributed by atoms with Gasteiger partial charge in [-0.3, -0.25) is 14.4 Å². The first-order valence-electron chi connectivity index (χ1n) is 3.47. The zero-order valence-electron chi connectivity index (χ0n) is 7.60. The van der Waals surface area contributed by atoms with Crippen molar-refractivity contribution in [3.8, 4) is 0 Å². The van der Waals surface area contributed by atoms with Gasteiger partial charge in [-0.05, 0) is 0 Å². The van der Waals surface area contributed by atoms with Gasteiger partial charge in [-0.2, -0.15) is 0 Å². The smallest absolute Gasteiger partial charge is 0.481 e. The van der Waals surface area contributed by atoms with Crippen LogP contribution in [0.3, 0.4) is 0 Å². The summed E-state index contributed by atoms with van der Waals surface area (Å²) >= 11 is 0. The molecule has 0 bridgehead atoms. The lowest BCUT2D eigenvalue weighted by Gasteiger charge is -2.10. The largest absolute Gasteiger partial charge is 0.503 e. The van der Waals surface area contributed by atoms with E-state index in [-0.39, 0.29) is 0 Å². The number of carboxylic acid groups (broad SMARTS) is 5. The molecule has 1 unspecified atom stereocenters. The maximum absolute atomic E-state index is 10.2. The minimum atomic E-state index is -2.11. The first kappa shape index (κ1) is 16.1. The molecule has 0 amide bonds. The third-order valence-electron chi connectivity index (χ3n) is 1.18. The quantitative estimate of drug-likeness (QED) is 0.311. The summed E-state index contributed by atoms with van der Waals surface area (Å²) in [6, 6.07) is -1.93. The normalized spacial score (nSPS) is 10.9. The summed E-state index contributed by atoms with van der Waals surface area (Å²) in [7, 11) is 0. The molecule has 0 saturated heterocycles. The van der Waals surface area contributed by atoms with E-state index in [1.165, 1.54) is 0 Å². The number of hydrogen-bond acceptors (Lipinski definition) is 5. The summed E-state index contributed by atoms with van der Waals surface area (Å²) < 4.78 is 0. The van der Waals surface area contributed by atoms with E-state index in [0.717, 1.165) is 0 Å². The van der Waals surface area contributed by atoms with Crippen LogP contribution in [0, 0.1) is 5.92 Å². The maximum atomic E-state index is 10.2. The molecule has 0 aromatic heterocycles. The molecule has 0 spiro atoms. The Morgan fingerprint density at radius 2 is 1.00 bits per heavy atom. The zero-order chi connectivity index (χ0) is 13.5. The fourth-order valence-corrected chi connectivity index (χ4v) is 0.555. The molecule has 1 atom stereocenters. The summed E-state index contributed by atoms with van der Waals surface area (Å²) in [4.78, 5) is 39.0. The van der Waals surface area contributed by atoms with Crippen molar-refractivity contribution in [2.24, 2.45) is 11.7 Å². The van der Waals surface area contributed by atoms with Crippen molar-refractivity contribution in [1.82, 2.24) is 0 Å². The molecule has 0 aliphatic heterocycles. The van der Waals surface area contributed by atoms with Crippen LogP contribution in [0.2, 0.25) is 0 Å². The van der Waals surface area contributed by atoms with Crippen LogP contribution in [0.4, 0.5) is 4.79 Å². The van der Waals surface area contributed by atoms with Crippen LogP contribution in [0.15, 0.2) is 0 Å². The van der Waals surface area contributed by atoms with Crippen LogP contribution in [-0.4, -0.2) is 55.6 Å². The van der Waals surface area contributed by atoms with Gasteiger partial charge in [0.15, 0.2) is 5.92 Å². The van der Waals surface area contributed by atoms with E-state index in [1.54, 1.807) is 0 Å². The second kappa shape index (κ2) is 7.00. The summed E-state index contributed by atoms with van der Waals surface area (Å²) in [5, 5.41) is 38.6. The molecule has 10 heteroatoms. The van der Waals surface area contributed by atoms with Crippen LogP contribution in [0.25, 0.3) is 0 Å². The standard InChI is InChI=1S/C5H7NO6.CH2O3/c6-2(5(11)12)1(3(7)8)4(9)10;2-1(3)4/h1-2H,6H2,(H,7,8)(H,9,10)(H,11,12);(H2,2,3,4). The van der Waals surface area contributed by atoms with Gasteiger partial charge >= 0.3 is 24.1 Å². The van der Waals surface area contributed by atoms with E-state index < -0.39 is 36.0 Å². The second-order valence-corrected chi connectivity index (χ2v) is 2.30. The van der Waals surface area contributed by atoms with E-state index >= 15 is 0 Å². The van der Waals surface area contributed by atoms with Crippen molar-refractivity contribution in [3.63, 3.8) is 0 Å². The Morgan fingerprint density at radius 1 is 0.750 bits per heavy atom. The Morgan fingerprint density at radius 3 is 1.06 bits per heavy atom. The van der Waals surface area contributed by atoms with Crippen LogP contribution < -0.4 is 5.73 Å². The van der Waals surface area contributed by atoms with Crippen LogP contribution in [0.5, 0.6) is 0 Å². The molecule has 0 aromatic carbocycles. The Bertz CT molecular complexity index is 280. The van der Waals surface area contributed by atoms with Gasteiger partial charge in [0, 0.05) is 0 Å². The highest BCUT2D eigenvalue weighted by Crippen LogP contribution is 2.02. The molecule has 0 radical (unpaired) electrons. The molecule has 0 aliphatic rings. The van der Waals surface area contributed by atoms with Gasteiger partial charge in [-0.25, -0.2) is 4.79 Å². The number of rotatable bonds is 4. The fraction of sp³-hybridized carbons (Fsp3) is 0.333. The van der Waals surface area contributed by atoms with Crippen LogP contribution in [-0.2, 0) is 14.4 Å². The van der Waals surface area contributed by atoms with Crippen LogP contribution in [0.1, 0.15) is 0 Å². The van der Waals surface area contributed by atoms with Crippen molar-refractivity contribution < 1.29 is 44.7 Å². The van der Waals surface area contributed by atoms with Crippen molar-refractivity contribution in [2.75, 3.05) is 0 Å². The van der Waals surface area contributed by atoms with E-state index in [2.05, 4.69) is 0 Å². The van der Waals surface area contributed by atoms with Gasteiger partial charge in [-0.1, -0.05) is 0 Å². The van der Waals surface area contributed by atoms with Gasteiger partial charge in [-0.15, -0.1) is 0 Å². The first-order chi connectivity index (χ1) is 7.11. The monoisotopic (exact) mass is 239 g/mol. The van der Waals surface area contributed by atoms with E-state index in [0.29, 0.717) is 0 Å². The molecule has 0 aromatic rings. The fourth-order valence-electron chi connectivity index (χ4n) is 0.555. The minimum Gasteiger partial charge on any atom is -0.481 e. The highest BCUT2D eigenvalue weighted by molar-refractivity contribution is 5.98. The zero-order valence-corrected chi connectivity index (χ0v) is 7.60. The first-order valence-corrected chi connectivity index (χ1v) is 3.47. The molecular weight excluding hydrogens is 230 g/mol. The van der Waals surface area contributed by atoms with E-state index in [9.17, 15) is 14.4 Å². The highest BCUT2D eigenvalue weighted by atomic mass is 16.6. The van der Waals surface area contributed by atoms with Crippen molar-refractivity contribution in [2.45, 2.75) is 6.04 Å². The summed E-state index contributed by atoms with van der Waals surface area (Å²) in [5.41, 5.74) is 4.80. The van der Waals surface area contributed by atoms with Crippen molar-refractivity contribution in [1.29, 1.82) is 0 Å². The molecule has 7 N–H and O–H groups in total. The second-order valence-electron chi connectivity index (χ2n) is 2.30. The Kier molecular flexibility index (Phi) is 7.04. The van der Waals surface area contributed by atoms with E-state index in [1.807, 2.05) is 0 Å². The molecule has 16 heavy (non-hydrogen) atoms. The predicted octanol–water partition coefficient (Wildman–Crippen LogP) is -1.59. The molecule has 10 nitrogen and oxygen atoms in total. The van der Waals surface area contributed by atoms with Gasteiger partial charge < -0.3 is 31.3 Å². The molecular formula is C6H9NO9. The highest BCUT2D eigenvalue weighted by Gasteiger charge is 2.36. The third kappa shape index (κ3) is 7.08. The lowest BCUT2D eigenvalue weighted by Crippen LogP contribution is -2.46. The summed E-state index contributed by atoms with van der Waals surface area (Å²) in [5.74, 6) is -7.30. The van der Waals surface area contributed by atoms with Crippen molar-refractivity contribution >= 4 is 24.1 Å². The lowest BCUT2D eigenvalue weighted by molar-refractivity contribution is -0.160. The molecule has 0 aliphatic carbocycles. The summed E-state index contributed by atoms with van der Waals surface area (Å²) in [6.07, 6.45) is -1.83. The molecule has 0 saturated carbocycles. The third-order valence-corrected chi connectivity index (χ3v) is 1.18.